The molecule has 4 rings (SSSR count). The molecule has 4 aliphatic rings. The molecule has 4 fully saturated rings. The van der Waals surface area contributed by atoms with Gasteiger partial charge in [-0.1, -0.05) is 33.1 Å². The van der Waals surface area contributed by atoms with Crippen LogP contribution in [0.25, 0.3) is 0 Å². The SMILES string of the molecule is C[C@@]12CCC[C@H]1[C@@H]1CCC3CCCC[C@]3(C)[C@H]1CC2.O. The van der Waals surface area contributed by atoms with E-state index in [0.29, 0.717) is 0 Å². The minimum atomic E-state index is 0. The van der Waals surface area contributed by atoms with Crippen LogP contribution in [0.3, 0.4) is 0 Å². The van der Waals surface area contributed by atoms with Crippen LogP contribution in [0.2, 0.25) is 0 Å². The van der Waals surface area contributed by atoms with Crippen LogP contribution in [-0.2, 0) is 0 Å². The molecule has 20 heavy (non-hydrogen) atoms. The third-order valence-corrected chi connectivity index (χ3v) is 8.36. The summed E-state index contributed by atoms with van der Waals surface area (Å²) in [6.07, 6.45) is 17.1. The first-order valence-corrected chi connectivity index (χ1v) is 9.13. The maximum atomic E-state index is 2.70. The normalized spacial score (nSPS) is 54.3. The molecule has 0 saturated heterocycles. The van der Waals surface area contributed by atoms with Gasteiger partial charge in [0.15, 0.2) is 0 Å². The lowest BCUT2D eigenvalue weighted by molar-refractivity contribution is -0.103. The molecule has 116 valence electrons. The van der Waals surface area contributed by atoms with Crippen LogP contribution in [0.5, 0.6) is 0 Å². The molecule has 2 N–H and O–H groups in total. The predicted molar refractivity (Wildman–Crippen MR) is 84.6 cm³/mol. The van der Waals surface area contributed by atoms with Crippen molar-refractivity contribution in [3.8, 4) is 0 Å². The maximum absolute atomic E-state index is 2.70. The summed E-state index contributed by atoms with van der Waals surface area (Å²) in [5, 5.41) is 0. The van der Waals surface area contributed by atoms with E-state index in [1.54, 1.807) is 51.4 Å². The highest BCUT2D eigenvalue weighted by Crippen LogP contribution is 2.66. The van der Waals surface area contributed by atoms with E-state index in [1.165, 1.54) is 19.3 Å². The van der Waals surface area contributed by atoms with Gasteiger partial charge in [-0.25, -0.2) is 0 Å². The first kappa shape index (κ1) is 14.9. The fourth-order valence-electron chi connectivity index (χ4n) is 7.29. The van der Waals surface area contributed by atoms with E-state index in [4.69, 9.17) is 0 Å². The highest BCUT2D eigenvalue weighted by Gasteiger charge is 2.56. The molecule has 0 aromatic heterocycles. The molecule has 0 bridgehead atoms. The zero-order valence-corrected chi connectivity index (χ0v) is 13.6. The third kappa shape index (κ3) is 1.91. The maximum Gasteiger partial charge on any atom is -0.0266 e. The summed E-state index contributed by atoms with van der Waals surface area (Å²) in [5.41, 5.74) is 1.49. The Kier molecular flexibility index (Phi) is 3.72. The van der Waals surface area contributed by atoms with E-state index < -0.39 is 0 Å². The summed E-state index contributed by atoms with van der Waals surface area (Å²) in [6.45, 7) is 5.33. The Labute approximate surface area is 125 Å². The summed E-state index contributed by atoms with van der Waals surface area (Å²) >= 11 is 0. The van der Waals surface area contributed by atoms with Crippen molar-refractivity contribution in [1.82, 2.24) is 0 Å². The summed E-state index contributed by atoms with van der Waals surface area (Å²) in [6, 6.07) is 0. The van der Waals surface area contributed by atoms with Crippen molar-refractivity contribution < 1.29 is 5.48 Å². The average Bonchev–Trinajstić information content (AvgIpc) is 2.79. The van der Waals surface area contributed by atoms with E-state index in [2.05, 4.69) is 13.8 Å². The van der Waals surface area contributed by atoms with Crippen molar-refractivity contribution in [1.29, 1.82) is 0 Å². The van der Waals surface area contributed by atoms with E-state index in [9.17, 15) is 0 Å². The Bertz CT molecular complexity index is 365. The third-order valence-electron chi connectivity index (χ3n) is 8.36. The van der Waals surface area contributed by atoms with Gasteiger partial charge in [-0.15, -0.1) is 0 Å². The molecule has 0 heterocycles. The van der Waals surface area contributed by atoms with Gasteiger partial charge in [0.05, 0.1) is 0 Å². The van der Waals surface area contributed by atoms with Gasteiger partial charge in [-0.05, 0) is 85.9 Å². The molecule has 4 aliphatic carbocycles. The Morgan fingerprint density at radius 3 is 2.40 bits per heavy atom. The van der Waals surface area contributed by atoms with Crippen molar-refractivity contribution in [2.45, 2.75) is 84.5 Å². The number of fused-ring (bicyclic) bond motifs is 5. The van der Waals surface area contributed by atoms with E-state index in [1.807, 2.05) is 0 Å². The monoisotopic (exact) mass is 278 g/mol. The molecule has 0 aromatic carbocycles. The first-order chi connectivity index (χ1) is 9.13. The van der Waals surface area contributed by atoms with Gasteiger partial charge >= 0.3 is 0 Å². The zero-order chi connectivity index (χ0) is 13.1. The van der Waals surface area contributed by atoms with Crippen LogP contribution in [0, 0.1) is 34.5 Å². The molecule has 1 unspecified atom stereocenters. The van der Waals surface area contributed by atoms with E-state index in [-0.39, 0.29) is 5.48 Å². The lowest BCUT2D eigenvalue weighted by Crippen LogP contribution is -2.51. The highest BCUT2D eigenvalue weighted by molar-refractivity contribution is 5.06. The fraction of sp³-hybridized carbons (Fsp3) is 1.00. The van der Waals surface area contributed by atoms with Crippen LogP contribution >= 0.6 is 0 Å². The second kappa shape index (κ2) is 5.00. The van der Waals surface area contributed by atoms with Gasteiger partial charge in [-0.2, -0.15) is 0 Å². The van der Waals surface area contributed by atoms with Gasteiger partial charge in [0.25, 0.3) is 0 Å². The summed E-state index contributed by atoms with van der Waals surface area (Å²) in [7, 11) is 0. The summed E-state index contributed by atoms with van der Waals surface area (Å²) in [4.78, 5) is 0. The van der Waals surface area contributed by atoms with Gasteiger partial charge < -0.3 is 5.48 Å². The molecule has 4 saturated carbocycles. The lowest BCUT2D eigenvalue weighted by atomic mass is 9.45. The molecule has 0 aromatic rings. The molecular weight excluding hydrogens is 244 g/mol. The number of hydrogen-bond acceptors (Lipinski definition) is 0. The largest absolute Gasteiger partial charge is 0.412 e. The topological polar surface area (TPSA) is 31.5 Å². The summed E-state index contributed by atoms with van der Waals surface area (Å²) in [5.74, 6) is 4.41. The number of hydrogen-bond donors (Lipinski definition) is 0. The van der Waals surface area contributed by atoms with Crippen molar-refractivity contribution in [3.05, 3.63) is 0 Å². The minimum absolute atomic E-state index is 0. The molecule has 1 heteroatoms. The van der Waals surface area contributed by atoms with Gasteiger partial charge in [-0.3, -0.25) is 0 Å². The standard InChI is InChI=1S/C19H32.H2O/c1-18-11-5-7-16(18)15-9-8-14-6-3-4-12-19(14,2)17(15)10-13-18;/h14-17H,3-13H2,1-2H3;1H2/t14?,15-,16-,17-,18-,19-;/m0./s1. The highest BCUT2D eigenvalue weighted by atomic mass is 16.0. The van der Waals surface area contributed by atoms with Gasteiger partial charge in [0, 0.05) is 0 Å². The molecule has 0 aliphatic heterocycles. The molecule has 0 spiro atoms. The molecule has 0 radical (unpaired) electrons. The number of rotatable bonds is 0. The Morgan fingerprint density at radius 2 is 1.55 bits per heavy atom. The average molecular weight is 278 g/mol. The fourth-order valence-corrected chi connectivity index (χ4v) is 7.29. The molecular formula is C19H34O. The molecule has 1 nitrogen and oxygen atoms in total. The smallest absolute Gasteiger partial charge is 0.0266 e. The van der Waals surface area contributed by atoms with E-state index >= 15 is 0 Å². The quantitative estimate of drug-likeness (QED) is 0.598. The zero-order valence-electron chi connectivity index (χ0n) is 13.6. The predicted octanol–water partition coefficient (Wildman–Crippen LogP) is 4.98. The molecule has 6 atom stereocenters. The Hall–Kier alpha value is -0.0400. The van der Waals surface area contributed by atoms with Crippen LogP contribution < -0.4 is 0 Å². The van der Waals surface area contributed by atoms with Gasteiger partial charge in [0.2, 0.25) is 0 Å². The Morgan fingerprint density at radius 1 is 0.700 bits per heavy atom. The van der Waals surface area contributed by atoms with Crippen molar-refractivity contribution in [2.24, 2.45) is 34.5 Å². The van der Waals surface area contributed by atoms with E-state index in [0.717, 1.165) is 34.5 Å². The van der Waals surface area contributed by atoms with Crippen LogP contribution in [-0.4, -0.2) is 5.48 Å². The van der Waals surface area contributed by atoms with Crippen LogP contribution in [0.4, 0.5) is 0 Å². The summed E-state index contributed by atoms with van der Waals surface area (Å²) < 4.78 is 0. The van der Waals surface area contributed by atoms with Crippen molar-refractivity contribution >= 4 is 0 Å². The first-order valence-electron chi connectivity index (χ1n) is 9.13. The second-order valence-electron chi connectivity index (χ2n) is 8.99. The second-order valence-corrected chi connectivity index (χ2v) is 8.99. The Balaban J connectivity index is 0.00000121. The lowest BCUT2D eigenvalue weighted by Gasteiger charge is -2.60. The van der Waals surface area contributed by atoms with Crippen molar-refractivity contribution in [3.63, 3.8) is 0 Å². The van der Waals surface area contributed by atoms with Crippen LogP contribution in [0.15, 0.2) is 0 Å². The van der Waals surface area contributed by atoms with Crippen molar-refractivity contribution in [2.75, 3.05) is 0 Å². The molecule has 0 amide bonds. The minimum Gasteiger partial charge on any atom is -0.412 e. The van der Waals surface area contributed by atoms with Gasteiger partial charge in [0.1, 0.15) is 0 Å². The van der Waals surface area contributed by atoms with Crippen LogP contribution in [0.1, 0.15) is 84.5 Å².